The molecule has 0 aliphatic rings. The summed E-state index contributed by atoms with van der Waals surface area (Å²) in [6.45, 7) is 0.281. The Morgan fingerprint density at radius 2 is 1.74 bits per heavy atom. The molecule has 0 saturated carbocycles. The number of carboxylic acid groups (broad SMARTS) is 1. The van der Waals surface area contributed by atoms with Crippen LogP contribution in [0.2, 0.25) is 0 Å². The van der Waals surface area contributed by atoms with Crippen molar-refractivity contribution in [3.05, 3.63) is 60.2 Å². The fraction of sp³-hybridized carbons (Fsp3) is 0.154. The van der Waals surface area contributed by atoms with Crippen molar-refractivity contribution in [3.8, 4) is 28.5 Å². The third kappa shape index (κ3) is 4.64. The Kier molecular flexibility index (Phi) is 6.71. The largest absolute Gasteiger partial charge is 0.512 e. The summed E-state index contributed by atoms with van der Waals surface area (Å²) in [5.41, 5.74) is 4.65. The molecule has 38 heavy (non-hydrogen) atoms. The number of carbonyl (C=O) groups is 2. The van der Waals surface area contributed by atoms with Gasteiger partial charge in [0.05, 0.1) is 50.7 Å². The predicted octanol–water partition coefficient (Wildman–Crippen LogP) is 5.61. The molecule has 5 rings (SSSR count). The Bertz CT molecular complexity index is 1680. The number of methoxy groups -OCH3 is 3. The zero-order valence-corrected chi connectivity index (χ0v) is 21.4. The molecule has 194 valence electrons. The Balaban J connectivity index is 1.76. The average Bonchev–Trinajstić information content (AvgIpc) is 3.50. The van der Waals surface area contributed by atoms with E-state index in [-0.39, 0.29) is 12.4 Å². The molecule has 0 aliphatic carbocycles. The van der Waals surface area contributed by atoms with Crippen LogP contribution in [0.3, 0.4) is 0 Å². The van der Waals surface area contributed by atoms with Crippen molar-refractivity contribution in [2.24, 2.45) is 0 Å². The third-order valence-electron chi connectivity index (χ3n) is 5.96. The van der Waals surface area contributed by atoms with E-state index >= 15 is 0 Å². The number of ether oxygens (including phenoxy) is 4. The Labute approximate surface area is 220 Å². The third-order valence-corrected chi connectivity index (χ3v) is 6.52. The molecule has 3 aromatic carbocycles. The van der Waals surface area contributed by atoms with E-state index in [1.807, 2.05) is 18.2 Å². The number of nitrogens with one attached hydrogen (secondary N) is 1. The van der Waals surface area contributed by atoms with Gasteiger partial charge in [-0.2, -0.15) is 8.75 Å². The first-order valence-corrected chi connectivity index (χ1v) is 12.0. The highest BCUT2D eigenvalue weighted by Gasteiger charge is 2.24. The molecule has 0 bridgehead atoms. The molecule has 0 spiro atoms. The fourth-order valence-corrected chi connectivity index (χ4v) is 4.82. The Hall–Kier alpha value is -4.84. The second-order valence-corrected chi connectivity index (χ2v) is 8.67. The first kappa shape index (κ1) is 24.8. The molecule has 5 aromatic rings. The number of hydrogen-bond donors (Lipinski definition) is 2. The smallest absolute Gasteiger partial charge is 0.493 e. The van der Waals surface area contributed by atoms with Crippen LogP contribution in [0.25, 0.3) is 33.1 Å². The molecule has 0 saturated heterocycles. The maximum absolute atomic E-state index is 11.9. The van der Waals surface area contributed by atoms with Gasteiger partial charge in [-0.05, 0) is 53.6 Å². The molecule has 2 heterocycles. The minimum atomic E-state index is -1.47. The van der Waals surface area contributed by atoms with Crippen LogP contribution in [0.4, 0.5) is 15.3 Å². The summed E-state index contributed by atoms with van der Waals surface area (Å²) in [6.07, 6.45) is -2.11. The van der Waals surface area contributed by atoms with Gasteiger partial charge in [0, 0.05) is 11.1 Å². The fourth-order valence-electron chi connectivity index (χ4n) is 4.30. The zero-order valence-electron chi connectivity index (χ0n) is 20.5. The maximum Gasteiger partial charge on any atom is 0.512 e. The second-order valence-electron chi connectivity index (χ2n) is 8.14. The number of aromatic nitrogens is 3. The van der Waals surface area contributed by atoms with Crippen LogP contribution in [-0.2, 0) is 11.3 Å². The van der Waals surface area contributed by atoms with E-state index < -0.39 is 12.2 Å². The first-order valence-electron chi connectivity index (χ1n) is 11.3. The highest BCUT2D eigenvalue weighted by atomic mass is 32.1. The van der Waals surface area contributed by atoms with Gasteiger partial charge < -0.3 is 28.6 Å². The van der Waals surface area contributed by atoms with Crippen molar-refractivity contribution < 1.29 is 33.6 Å². The normalized spacial score (nSPS) is 10.9. The number of hydrogen-bond acceptors (Lipinski definition) is 9. The van der Waals surface area contributed by atoms with Gasteiger partial charge in [-0.1, -0.05) is 12.1 Å². The number of nitrogens with zero attached hydrogens (tertiary/aromatic N) is 3. The lowest BCUT2D eigenvalue weighted by atomic mass is 10.0. The van der Waals surface area contributed by atoms with Gasteiger partial charge in [0.15, 0.2) is 11.5 Å². The van der Waals surface area contributed by atoms with Crippen LogP contribution in [-0.4, -0.2) is 52.0 Å². The van der Waals surface area contributed by atoms with Crippen molar-refractivity contribution in [1.29, 1.82) is 0 Å². The molecule has 0 atom stereocenters. The minimum Gasteiger partial charge on any atom is -0.493 e. The monoisotopic (exact) mass is 534 g/mol. The molecule has 2 N–H and O–H groups in total. The lowest BCUT2D eigenvalue weighted by Crippen LogP contribution is -2.11. The highest BCUT2D eigenvalue weighted by molar-refractivity contribution is 7.00. The predicted molar refractivity (Wildman–Crippen MR) is 142 cm³/mol. The van der Waals surface area contributed by atoms with E-state index in [9.17, 15) is 14.7 Å². The van der Waals surface area contributed by atoms with Gasteiger partial charge >= 0.3 is 12.2 Å². The summed E-state index contributed by atoms with van der Waals surface area (Å²) in [5, 5.41) is 13.0. The quantitative estimate of drug-likeness (QED) is 0.255. The molecule has 12 heteroatoms. The van der Waals surface area contributed by atoms with Crippen molar-refractivity contribution in [1.82, 2.24) is 13.3 Å². The van der Waals surface area contributed by atoms with Crippen molar-refractivity contribution in [2.45, 2.75) is 6.54 Å². The van der Waals surface area contributed by atoms with Gasteiger partial charge in [0.1, 0.15) is 11.0 Å². The molecule has 1 amide bonds. The minimum absolute atomic E-state index is 0.103. The van der Waals surface area contributed by atoms with Gasteiger partial charge in [0.25, 0.3) is 0 Å². The summed E-state index contributed by atoms with van der Waals surface area (Å²) < 4.78 is 31.3. The molecular formula is C26H22N4O7S. The van der Waals surface area contributed by atoms with Crippen molar-refractivity contribution in [3.63, 3.8) is 0 Å². The number of benzene rings is 3. The SMILES string of the molecule is COC(=O)Nc1ccc2c(c1)c(-c1ccc(OC)c(OC)c1)c(OC(=O)O)n2Cc1ccc2nsnc2c1. The van der Waals surface area contributed by atoms with Crippen LogP contribution >= 0.6 is 11.7 Å². The van der Waals surface area contributed by atoms with Crippen molar-refractivity contribution >= 4 is 51.6 Å². The molecule has 0 fully saturated rings. The average molecular weight is 535 g/mol. The molecule has 0 unspecified atom stereocenters. The number of carbonyl (C=O) groups excluding carboxylic acids is 1. The van der Waals surface area contributed by atoms with Crippen molar-refractivity contribution in [2.75, 3.05) is 26.6 Å². The van der Waals surface area contributed by atoms with Gasteiger partial charge in [0.2, 0.25) is 5.88 Å². The summed E-state index contributed by atoms with van der Waals surface area (Å²) in [5.74, 6) is 1.07. The lowest BCUT2D eigenvalue weighted by molar-refractivity contribution is 0.141. The van der Waals surface area contributed by atoms with E-state index in [4.69, 9.17) is 18.9 Å². The standard InChI is InChI=1S/C26H22N4O7S/c1-34-21-9-5-15(11-22(21)35-2)23-17-12-16(27-25(31)36-3)6-8-20(17)30(24(23)37-26(32)33)13-14-4-7-18-19(10-14)29-38-28-18/h4-12H,13H2,1-3H3,(H,27,31)(H,32,33). The summed E-state index contributed by atoms with van der Waals surface area (Å²) >= 11 is 1.12. The van der Waals surface area contributed by atoms with E-state index in [0.29, 0.717) is 39.2 Å². The Morgan fingerprint density at radius 3 is 2.47 bits per heavy atom. The van der Waals surface area contributed by atoms with Crippen LogP contribution < -0.4 is 19.5 Å². The Morgan fingerprint density at radius 1 is 0.947 bits per heavy atom. The van der Waals surface area contributed by atoms with E-state index in [0.717, 1.165) is 28.3 Å². The molecule has 11 nitrogen and oxygen atoms in total. The number of anilines is 1. The number of rotatable bonds is 7. The van der Waals surface area contributed by atoms with Gasteiger partial charge in [-0.25, -0.2) is 9.59 Å². The van der Waals surface area contributed by atoms with Crippen LogP contribution in [0.1, 0.15) is 5.56 Å². The highest BCUT2D eigenvalue weighted by Crippen LogP contribution is 2.44. The summed E-state index contributed by atoms with van der Waals surface area (Å²) in [4.78, 5) is 23.8. The zero-order chi connectivity index (χ0) is 26.8. The van der Waals surface area contributed by atoms with E-state index in [1.165, 1.54) is 21.3 Å². The second kappa shape index (κ2) is 10.3. The van der Waals surface area contributed by atoms with Gasteiger partial charge in [-0.15, -0.1) is 0 Å². The topological polar surface area (TPSA) is 134 Å². The van der Waals surface area contributed by atoms with Crippen LogP contribution in [0, 0.1) is 0 Å². The van der Waals surface area contributed by atoms with E-state index in [1.54, 1.807) is 41.0 Å². The molecule has 2 aromatic heterocycles. The maximum atomic E-state index is 11.9. The lowest BCUT2D eigenvalue weighted by Gasteiger charge is -2.12. The van der Waals surface area contributed by atoms with Crippen LogP contribution in [0.5, 0.6) is 17.4 Å². The number of amides is 1. The molecule has 0 aliphatic heterocycles. The van der Waals surface area contributed by atoms with Crippen LogP contribution in [0.15, 0.2) is 54.6 Å². The van der Waals surface area contributed by atoms with E-state index in [2.05, 4.69) is 14.1 Å². The number of fused-ring (bicyclic) bond motifs is 2. The first-order chi connectivity index (χ1) is 18.4. The van der Waals surface area contributed by atoms with Gasteiger partial charge in [-0.3, -0.25) is 5.32 Å². The summed E-state index contributed by atoms with van der Waals surface area (Å²) in [6, 6.07) is 16.1. The molecular weight excluding hydrogens is 512 g/mol. The summed E-state index contributed by atoms with van der Waals surface area (Å²) in [7, 11) is 4.32. The molecule has 0 radical (unpaired) electrons.